The molecule has 0 saturated carbocycles. The van der Waals surface area contributed by atoms with Crippen molar-refractivity contribution in [2.24, 2.45) is 0 Å². The first-order chi connectivity index (χ1) is 13.7. The molecule has 3 aromatic carbocycles. The maximum Gasteiger partial charge on any atom is 0.148 e. The average Bonchev–Trinajstić information content (AvgIpc) is 3.15. The molecule has 2 N–H and O–H groups in total. The Balaban J connectivity index is 1.45. The van der Waals surface area contributed by atoms with E-state index in [1.807, 2.05) is 60.7 Å². The average molecular weight is 374 g/mol. The number of benzene rings is 3. The fourth-order valence-corrected chi connectivity index (χ4v) is 3.74. The summed E-state index contributed by atoms with van der Waals surface area (Å²) in [5, 5.41) is 0. The molecule has 4 rings (SSSR count). The third-order valence-electron chi connectivity index (χ3n) is 5.22. The second-order valence-corrected chi connectivity index (χ2v) is 7.22. The summed E-state index contributed by atoms with van der Waals surface area (Å²) in [4.78, 5) is 2.41. The largest absolute Gasteiger partial charge is 0.492 e. The molecule has 1 heterocycles. The van der Waals surface area contributed by atoms with Gasteiger partial charge in [0.2, 0.25) is 0 Å². The van der Waals surface area contributed by atoms with Gasteiger partial charge in [-0.1, -0.05) is 48.5 Å². The minimum absolute atomic E-state index is 0.357. The number of nitrogens with two attached hydrogens (primary N) is 1. The lowest BCUT2D eigenvalue weighted by Crippen LogP contribution is -2.37. The number of hydrogen-bond acceptors (Lipinski definition) is 4. The van der Waals surface area contributed by atoms with Gasteiger partial charge in [0.05, 0.1) is 0 Å². The van der Waals surface area contributed by atoms with Crippen LogP contribution in [0.5, 0.6) is 11.5 Å². The molecule has 0 spiro atoms. The SMILES string of the molecule is Nc1ccc(OC2(c3ccccc3)CCN(CCOc3ccccc3)C2)cc1. The van der Waals surface area contributed by atoms with E-state index in [0.29, 0.717) is 6.61 Å². The van der Waals surface area contributed by atoms with Crippen LogP contribution in [0.1, 0.15) is 12.0 Å². The lowest BCUT2D eigenvalue weighted by atomic mass is 9.92. The maximum absolute atomic E-state index is 6.56. The normalized spacial score (nSPS) is 19.4. The highest BCUT2D eigenvalue weighted by Crippen LogP contribution is 2.37. The third-order valence-corrected chi connectivity index (χ3v) is 5.22. The smallest absolute Gasteiger partial charge is 0.148 e. The summed E-state index contributed by atoms with van der Waals surface area (Å²) < 4.78 is 12.4. The minimum atomic E-state index is -0.357. The van der Waals surface area contributed by atoms with E-state index in [1.165, 1.54) is 5.56 Å². The number of hydrogen-bond donors (Lipinski definition) is 1. The molecule has 1 saturated heterocycles. The van der Waals surface area contributed by atoms with Crippen LogP contribution in [0, 0.1) is 0 Å². The number of likely N-dealkylation sites (tertiary alicyclic amines) is 1. The molecule has 0 bridgehead atoms. The minimum Gasteiger partial charge on any atom is -0.492 e. The Morgan fingerprint density at radius 1 is 0.821 bits per heavy atom. The molecule has 4 heteroatoms. The Bertz CT molecular complexity index is 868. The van der Waals surface area contributed by atoms with Crippen molar-refractivity contribution in [2.75, 3.05) is 32.0 Å². The predicted molar refractivity (Wildman–Crippen MR) is 113 cm³/mol. The molecule has 1 fully saturated rings. The zero-order chi connectivity index (χ0) is 19.2. The van der Waals surface area contributed by atoms with Crippen molar-refractivity contribution < 1.29 is 9.47 Å². The van der Waals surface area contributed by atoms with Gasteiger partial charge < -0.3 is 15.2 Å². The van der Waals surface area contributed by atoms with Crippen molar-refractivity contribution in [3.63, 3.8) is 0 Å². The molecule has 1 atom stereocenters. The third kappa shape index (κ3) is 4.29. The standard InChI is InChI=1S/C24H26N2O2/c25-21-11-13-23(14-12-21)28-24(20-7-3-1-4-8-20)15-16-26(19-24)17-18-27-22-9-5-2-6-10-22/h1-14H,15-19,25H2. The summed E-state index contributed by atoms with van der Waals surface area (Å²) in [6.07, 6.45) is 0.937. The lowest BCUT2D eigenvalue weighted by molar-refractivity contribution is 0.0724. The van der Waals surface area contributed by atoms with Gasteiger partial charge in [-0.15, -0.1) is 0 Å². The summed E-state index contributed by atoms with van der Waals surface area (Å²) in [7, 11) is 0. The van der Waals surface area contributed by atoms with Gasteiger partial charge in [-0.25, -0.2) is 0 Å². The van der Waals surface area contributed by atoms with Gasteiger partial charge in [-0.05, 0) is 42.0 Å². The van der Waals surface area contributed by atoms with Crippen molar-refractivity contribution in [3.05, 3.63) is 90.5 Å². The molecule has 0 aromatic heterocycles. The molecular weight excluding hydrogens is 348 g/mol. The predicted octanol–water partition coefficient (Wildman–Crippen LogP) is 4.33. The molecule has 1 unspecified atom stereocenters. The van der Waals surface area contributed by atoms with Crippen molar-refractivity contribution in [1.82, 2.24) is 4.90 Å². The van der Waals surface area contributed by atoms with Gasteiger partial charge in [0.15, 0.2) is 0 Å². The van der Waals surface area contributed by atoms with E-state index in [1.54, 1.807) is 0 Å². The summed E-state index contributed by atoms with van der Waals surface area (Å²) in [6.45, 7) is 3.34. The van der Waals surface area contributed by atoms with Gasteiger partial charge in [-0.2, -0.15) is 0 Å². The molecule has 0 amide bonds. The van der Waals surface area contributed by atoms with Crippen LogP contribution >= 0.6 is 0 Å². The van der Waals surface area contributed by atoms with E-state index in [-0.39, 0.29) is 5.60 Å². The number of nitrogen functional groups attached to an aromatic ring is 1. The number of anilines is 1. The topological polar surface area (TPSA) is 47.7 Å². The van der Waals surface area contributed by atoms with Crippen LogP contribution in [0.3, 0.4) is 0 Å². The van der Waals surface area contributed by atoms with E-state index in [4.69, 9.17) is 15.2 Å². The second kappa shape index (κ2) is 8.36. The van der Waals surface area contributed by atoms with E-state index in [9.17, 15) is 0 Å². The quantitative estimate of drug-likeness (QED) is 0.626. The first-order valence-electron chi connectivity index (χ1n) is 9.74. The van der Waals surface area contributed by atoms with Gasteiger partial charge in [0, 0.05) is 31.7 Å². The van der Waals surface area contributed by atoms with Crippen molar-refractivity contribution >= 4 is 5.69 Å². The Hall–Kier alpha value is -2.98. The molecule has 4 nitrogen and oxygen atoms in total. The zero-order valence-corrected chi connectivity index (χ0v) is 16.0. The first-order valence-corrected chi connectivity index (χ1v) is 9.74. The molecule has 0 radical (unpaired) electrons. The van der Waals surface area contributed by atoms with Crippen LogP contribution in [0.15, 0.2) is 84.9 Å². The molecule has 0 aliphatic carbocycles. The Labute approximate surface area is 166 Å². The molecule has 28 heavy (non-hydrogen) atoms. The first kappa shape index (κ1) is 18.4. The molecular formula is C24H26N2O2. The number of nitrogens with zero attached hydrogens (tertiary/aromatic N) is 1. The number of rotatable bonds is 7. The van der Waals surface area contributed by atoms with Crippen molar-refractivity contribution in [1.29, 1.82) is 0 Å². The summed E-state index contributed by atoms with van der Waals surface area (Å²) in [6, 6.07) is 28.1. The van der Waals surface area contributed by atoms with E-state index in [2.05, 4.69) is 29.2 Å². The van der Waals surface area contributed by atoms with Crippen LogP contribution in [0.4, 0.5) is 5.69 Å². The van der Waals surface area contributed by atoms with E-state index < -0.39 is 0 Å². The fourth-order valence-electron chi connectivity index (χ4n) is 3.74. The summed E-state index contributed by atoms with van der Waals surface area (Å²) in [5.74, 6) is 1.76. The van der Waals surface area contributed by atoms with E-state index in [0.717, 1.165) is 43.2 Å². The molecule has 3 aromatic rings. The highest BCUT2D eigenvalue weighted by molar-refractivity contribution is 5.42. The van der Waals surface area contributed by atoms with Gasteiger partial charge in [0.1, 0.15) is 23.7 Å². The zero-order valence-electron chi connectivity index (χ0n) is 16.0. The molecule has 1 aliphatic heterocycles. The molecule has 1 aliphatic rings. The van der Waals surface area contributed by atoms with Gasteiger partial charge >= 0.3 is 0 Å². The van der Waals surface area contributed by atoms with Crippen LogP contribution in [0.2, 0.25) is 0 Å². The van der Waals surface area contributed by atoms with Crippen LogP contribution in [-0.4, -0.2) is 31.1 Å². The Morgan fingerprint density at radius 3 is 2.21 bits per heavy atom. The van der Waals surface area contributed by atoms with Crippen LogP contribution in [-0.2, 0) is 5.60 Å². The van der Waals surface area contributed by atoms with Crippen molar-refractivity contribution in [3.8, 4) is 11.5 Å². The van der Waals surface area contributed by atoms with Crippen LogP contribution < -0.4 is 15.2 Å². The number of para-hydroxylation sites is 1. The maximum atomic E-state index is 6.56. The summed E-state index contributed by atoms with van der Waals surface area (Å²) in [5.41, 5.74) is 7.42. The summed E-state index contributed by atoms with van der Waals surface area (Å²) >= 11 is 0. The Morgan fingerprint density at radius 2 is 1.50 bits per heavy atom. The van der Waals surface area contributed by atoms with Gasteiger partial charge in [0.25, 0.3) is 0 Å². The second-order valence-electron chi connectivity index (χ2n) is 7.22. The monoisotopic (exact) mass is 374 g/mol. The molecule has 144 valence electrons. The highest BCUT2D eigenvalue weighted by Gasteiger charge is 2.41. The fraction of sp³-hybridized carbons (Fsp3) is 0.250. The van der Waals surface area contributed by atoms with E-state index >= 15 is 0 Å². The lowest BCUT2D eigenvalue weighted by Gasteiger charge is -2.31. The highest BCUT2D eigenvalue weighted by atomic mass is 16.5. The van der Waals surface area contributed by atoms with Crippen LogP contribution in [0.25, 0.3) is 0 Å². The van der Waals surface area contributed by atoms with Crippen molar-refractivity contribution in [2.45, 2.75) is 12.0 Å². The Kier molecular flexibility index (Phi) is 5.49. The van der Waals surface area contributed by atoms with Gasteiger partial charge in [-0.3, -0.25) is 4.90 Å². The number of ether oxygens (including phenoxy) is 2.